The van der Waals surface area contributed by atoms with Crippen LogP contribution < -0.4 is 0 Å². The summed E-state index contributed by atoms with van der Waals surface area (Å²) in [6.45, 7) is 0. The number of hydrogen-bond acceptors (Lipinski definition) is 3. The highest BCUT2D eigenvalue weighted by atomic mass is 14.7. The molecule has 0 saturated carbocycles. The Balaban J connectivity index is 1.80. The zero-order valence-electron chi connectivity index (χ0n) is 17.3. The fraction of sp³-hybridized carbons (Fsp3) is 0. The van der Waals surface area contributed by atoms with Gasteiger partial charge in [-0.15, -0.1) is 0 Å². The molecule has 0 fully saturated rings. The van der Waals surface area contributed by atoms with Crippen molar-refractivity contribution in [1.82, 2.24) is 9.97 Å². The lowest BCUT2D eigenvalue weighted by Gasteiger charge is -2.16. The van der Waals surface area contributed by atoms with Gasteiger partial charge < -0.3 is 0 Å². The van der Waals surface area contributed by atoms with Crippen LogP contribution >= 0.6 is 0 Å². The van der Waals surface area contributed by atoms with Gasteiger partial charge in [-0.05, 0) is 47.0 Å². The average molecular weight is 409 g/mol. The van der Waals surface area contributed by atoms with Crippen molar-refractivity contribution in [3.63, 3.8) is 0 Å². The first-order valence-electron chi connectivity index (χ1n) is 10.4. The number of nitriles is 1. The van der Waals surface area contributed by atoms with Crippen molar-refractivity contribution in [3.8, 4) is 50.8 Å². The van der Waals surface area contributed by atoms with E-state index in [0.717, 1.165) is 44.8 Å². The predicted molar refractivity (Wildman–Crippen MR) is 128 cm³/mol. The fourth-order valence-electron chi connectivity index (χ4n) is 3.95. The van der Waals surface area contributed by atoms with Crippen LogP contribution in [0, 0.1) is 11.3 Å². The molecule has 5 rings (SSSR count). The van der Waals surface area contributed by atoms with Crippen molar-refractivity contribution in [2.24, 2.45) is 0 Å². The minimum Gasteiger partial charge on any atom is -0.256 e. The third kappa shape index (κ3) is 3.66. The summed E-state index contributed by atoms with van der Waals surface area (Å²) in [4.78, 5) is 9.26. The molecule has 3 heteroatoms. The summed E-state index contributed by atoms with van der Waals surface area (Å²) in [5.41, 5.74) is 8.07. The maximum atomic E-state index is 10.1. The lowest BCUT2D eigenvalue weighted by molar-refractivity contribution is 1.30. The number of hydrogen-bond donors (Lipinski definition) is 0. The lowest BCUT2D eigenvalue weighted by atomic mass is 9.89. The molecule has 32 heavy (non-hydrogen) atoms. The monoisotopic (exact) mass is 409 g/mol. The standard InChI is InChI=1S/C29H19N3/c30-20-23-18-27(28-15-7-8-16-31-28)25(22-12-5-2-6-13-22)19-26(23)29-24(14-9-17-32-29)21-10-3-1-4-11-21/h1-19H. The van der Waals surface area contributed by atoms with E-state index in [1.807, 2.05) is 72.8 Å². The Labute approximate surface area is 187 Å². The summed E-state index contributed by atoms with van der Waals surface area (Å²) < 4.78 is 0. The maximum absolute atomic E-state index is 10.1. The summed E-state index contributed by atoms with van der Waals surface area (Å²) in [5, 5.41) is 10.1. The SMILES string of the molecule is N#Cc1cc(-c2ccccn2)c(-c2ccccc2)cc1-c1ncccc1-c1ccccc1. The molecule has 150 valence electrons. The van der Waals surface area contributed by atoms with E-state index in [2.05, 4.69) is 41.4 Å². The van der Waals surface area contributed by atoms with Gasteiger partial charge in [-0.3, -0.25) is 9.97 Å². The molecular formula is C29H19N3. The minimum absolute atomic E-state index is 0.571. The van der Waals surface area contributed by atoms with Crippen LogP contribution in [-0.2, 0) is 0 Å². The number of rotatable bonds is 4. The molecule has 0 bridgehead atoms. The first kappa shape index (κ1) is 19.4. The minimum atomic E-state index is 0.571. The molecule has 0 amide bonds. The van der Waals surface area contributed by atoms with E-state index in [4.69, 9.17) is 4.98 Å². The van der Waals surface area contributed by atoms with Gasteiger partial charge >= 0.3 is 0 Å². The predicted octanol–water partition coefficient (Wildman–Crippen LogP) is 7.02. The Morgan fingerprint density at radius 1 is 0.531 bits per heavy atom. The van der Waals surface area contributed by atoms with Crippen LogP contribution in [0.2, 0.25) is 0 Å². The third-order valence-corrected chi connectivity index (χ3v) is 5.45. The molecule has 0 aliphatic heterocycles. The molecule has 0 saturated heterocycles. The average Bonchev–Trinajstić information content (AvgIpc) is 2.89. The Morgan fingerprint density at radius 2 is 1.19 bits per heavy atom. The fourth-order valence-corrected chi connectivity index (χ4v) is 3.95. The summed E-state index contributed by atoms with van der Waals surface area (Å²) >= 11 is 0. The van der Waals surface area contributed by atoms with Crippen molar-refractivity contribution in [2.45, 2.75) is 0 Å². The summed E-state index contributed by atoms with van der Waals surface area (Å²) in [6, 6.07) is 36.5. The molecule has 0 N–H and O–H groups in total. The van der Waals surface area contributed by atoms with Crippen LogP contribution in [0.5, 0.6) is 0 Å². The van der Waals surface area contributed by atoms with Gasteiger partial charge in [0.2, 0.25) is 0 Å². The molecule has 3 nitrogen and oxygen atoms in total. The molecule has 0 aliphatic rings. The van der Waals surface area contributed by atoms with E-state index in [-0.39, 0.29) is 0 Å². The third-order valence-electron chi connectivity index (χ3n) is 5.45. The van der Waals surface area contributed by atoms with Gasteiger partial charge in [-0.2, -0.15) is 5.26 Å². The first-order valence-corrected chi connectivity index (χ1v) is 10.4. The zero-order chi connectivity index (χ0) is 21.8. The van der Waals surface area contributed by atoms with Gasteiger partial charge in [-0.1, -0.05) is 72.8 Å². The summed E-state index contributed by atoms with van der Waals surface area (Å²) in [7, 11) is 0. The summed E-state index contributed by atoms with van der Waals surface area (Å²) in [5.74, 6) is 0. The van der Waals surface area contributed by atoms with E-state index in [1.54, 1.807) is 12.4 Å². The Bertz CT molecular complexity index is 1400. The van der Waals surface area contributed by atoms with Crippen LogP contribution in [0.3, 0.4) is 0 Å². The van der Waals surface area contributed by atoms with Crippen LogP contribution in [0.4, 0.5) is 0 Å². The van der Waals surface area contributed by atoms with Gasteiger partial charge in [0, 0.05) is 29.1 Å². The number of aromatic nitrogens is 2. The van der Waals surface area contributed by atoms with Crippen LogP contribution in [0.15, 0.2) is 116 Å². The number of benzene rings is 3. The van der Waals surface area contributed by atoms with E-state index >= 15 is 0 Å². The molecule has 0 atom stereocenters. The molecular weight excluding hydrogens is 390 g/mol. The second-order valence-corrected chi connectivity index (χ2v) is 7.40. The highest BCUT2D eigenvalue weighted by molar-refractivity contribution is 5.91. The molecule has 0 aliphatic carbocycles. The van der Waals surface area contributed by atoms with Gasteiger partial charge in [0.15, 0.2) is 0 Å². The van der Waals surface area contributed by atoms with E-state index in [1.165, 1.54) is 0 Å². The number of pyridine rings is 2. The summed E-state index contributed by atoms with van der Waals surface area (Å²) in [6.07, 6.45) is 3.55. The van der Waals surface area contributed by atoms with Crippen molar-refractivity contribution < 1.29 is 0 Å². The zero-order valence-corrected chi connectivity index (χ0v) is 17.3. The van der Waals surface area contributed by atoms with E-state index in [9.17, 15) is 5.26 Å². The quantitative estimate of drug-likeness (QED) is 0.320. The van der Waals surface area contributed by atoms with Gasteiger partial charge in [0.05, 0.1) is 23.0 Å². The highest BCUT2D eigenvalue weighted by Gasteiger charge is 2.18. The highest BCUT2D eigenvalue weighted by Crippen LogP contribution is 2.39. The van der Waals surface area contributed by atoms with Crippen LogP contribution in [-0.4, -0.2) is 9.97 Å². The van der Waals surface area contributed by atoms with Gasteiger partial charge in [-0.25, -0.2) is 0 Å². The number of nitrogens with zero attached hydrogens (tertiary/aromatic N) is 3. The second kappa shape index (κ2) is 8.67. The Morgan fingerprint density at radius 3 is 1.84 bits per heavy atom. The van der Waals surface area contributed by atoms with Crippen molar-refractivity contribution in [2.75, 3.05) is 0 Å². The van der Waals surface area contributed by atoms with E-state index in [0.29, 0.717) is 5.56 Å². The normalized spacial score (nSPS) is 10.5. The topological polar surface area (TPSA) is 49.6 Å². The van der Waals surface area contributed by atoms with Gasteiger partial charge in [0.1, 0.15) is 0 Å². The molecule has 3 aromatic carbocycles. The van der Waals surface area contributed by atoms with Crippen molar-refractivity contribution in [1.29, 1.82) is 5.26 Å². The lowest BCUT2D eigenvalue weighted by Crippen LogP contribution is -1.96. The van der Waals surface area contributed by atoms with Crippen molar-refractivity contribution >= 4 is 0 Å². The second-order valence-electron chi connectivity index (χ2n) is 7.40. The molecule has 2 aromatic heterocycles. The smallest absolute Gasteiger partial charge is 0.0999 e. The largest absolute Gasteiger partial charge is 0.256 e. The Kier molecular flexibility index (Phi) is 5.26. The molecule has 0 unspecified atom stereocenters. The molecule has 2 heterocycles. The Hall–Kier alpha value is -4.55. The van der Waals surface area contributed by atoms with Crippen LogP contribution in [0.25, 0.3) is 44.8 Å². The molecule has 5 aromatic rings. The molecule has 0 radical (unpaired) electrons. The van der Waals surface area contributed by atoms with Gasteiger partial charge in [0.25, 0.3) is 0 Å². The van der Waals surface area contributed by atoms with Crippen LogP contribution in [0.1, 0.15) is 5.56 Å². The van der Waals surface area contributed by atoms with Crippen molar-refractivity contribution in [3.05, 3.63) is 121 Å². The molecule has 0 spiro atoms. The maximum Gasteiger partial charge on any atom is 0.0999 e. The first-order chi connectivity index (χ1) is 15.8. The van der Waals surface area contributed by atoms with E-state index < -0.39 is 0 Å².